The summed E-state index contributed by atoms with van der Waals surface area (Å²) in [7, 11) is 4.70. The Morgan fingerprint density at radius 3 is 2.73 bits per heavy atom. The number of thioether (sulfide) groups is 1. The predicted molar refractivity (Wildman–Crippen MR) is 121 cm³/mol. The van der Waals surface area contributed by atoms with Crippen molar-refractivity contribution in [3.63, 3.8) is 0 Å². The van der Waals surface area contributed by atoms with Gasteiger partial charge in [0.2, 0.25) is 11.8 Å². The lowest BCUT2D eigenvalue weighted by molar-refractivity contribution is -0.140. The zero-order valence-corrected chi connectivity index (χ0v) is 19.5. The van der Waals surface area contributed by atoms with Crippen LogP contribution in [0.5, 0.6) is 5.75 Å². The molecule has 1 aromatic carbocycles. The summed E-state index contributed by atoms with van der Waals surface area (Å²) >= 11 is 1.29. The lowest BCUT2D eigenvalue weighted by Gasteiger charge is -2.50. The Kier molecular flexibility index (Phi) is 6.58. The number of carbonyl (C=O) groups excluding carboxylic acids is 3. The van der Waals surface area contributed by atoms with Gasteiger partial charge >= 0.3 is 6.03 Å². The maximum atomic E-state index is 13.1. The fourth-order valence-corrected chi connectivity index (χ4v) is 5.16. The second kappa shape index (κ2) is 9.41. The third kappa shape index (κ3) is 4.54. The van der Waals surface area contributed by atoms with Gasteiger partial charge in [0.1, 0.15) is 11.5 Å². The molecule has 12 heteroatoms. The van der Waals surface area contributed by atoms with Crippen LogP contribution in [0.2, 0.25) is 0 Å². The summed E-state index contributed by atoms with van der Waals surface area (Å²) < 4.78 is 10.5. The second-order valence-electron chi connectivity index (χ2n) is 7.87. The topological polar surface area (TPSA) is 129 Å². The van der Waals surface area contributed by atoms with E-state index in [0.717, 1.165) is 10.5 Å². The maximum absolute atomic E-state index is 13.1. The molecule has 33 heavy (non-hydrogen) atoms. The molecule has 0 aliphatic carbocycles. The van der Waals surface area contributed by atoms with E-state index >= 15 is 0 Å². The Morgan fingerprint density at radius 2 is 2.03 bits per heavy atom. The van der Waals surface area contributed by atoms with Crippen LogP contribution < -0.4 is 20.7 Å². The number of methoxy groups -OCH3 is 1. The van der Waals surface area contributed by atoms with Crippen molar-refractivity contribution in [2.24, 2.45) is 5.92 Å². The number of urea groups is 1. The molecule has 0 bridgehead atoms. The first-order chi connectivity index (χ1) is 15.8. The molecule has 2 fully saturated rings. The molecule has 3 heterocycles. The average molecular weight is 475 g/mol. The summed E-state index contributed by atoms with van der Waals surface area (Å²) in [6.45, 7) is 1.73. The van der Waals surface area contributed by atoms with E-state index in [9.17, 15) is 14.4 Å². The van der Waals surface area contributed by atoms with E-state index in [4.69, 9.17) is 9.26 Å². The molecular weight excluding hydrogens is 448 g/mol. The quantitative estimate of drug-likeness (QED) is 0.568. The van der Waals surface area contributed by atoms with Gasteiger partial charge < -0.3 is 19.5 Å². The predicted octanol–water partition coefficient (Wildman–Crippen LogP) is 1.35. The minimum atomic E-state index is -0.601. The molecule has 1 aromatic heterocycles. The van der Waals surface area contributed by atoms with E-state index in [1.54, 1.807) is 27.1 Å². The number of carbonyl (C=O) groups is 3. The largest absolute Gasteiger partial charge is 0.496 e. The van der Waals surface area contributed by atoms with Crippen LogP contribution in [0.4, 0.5) is 10.6 Å². The first-order valence-electron chi connectivity index (χ1n) is 10.3. The summed E-state index contributed by atoms with van der Waals surface area (Å²) in [5.41, 5.74) is 0.832. The fourth-order valence-electron chi connectivity index (χ4n) is 4.05. The highest BCUT2D eigenvalue weighted by Gasteiger charge is 2.51. The summed E-state index contributed by atoms with van der Waals surface area (Å²) in [5.74, 6) is 0.462. The second-order valence-corrected chi connectivity index (χ2v) is 9.00. The van der Waals surface area contributed by atoms with Gasteiger partial charge in [0.05, 0.1) is 36.5 Å². The van der Waals surface area contributed by atoms with Crippen molar-refractivity contribution in [1.29, 1.82) is 0 Å². The first-order valence-corrected chi connectivity index (χ1v) is 11.4. The number of aryl methyl sites for hydroxylation is 1. The van der Waals surface area contributed by atoms with Gasteiger partial charge in [-0.05, 0) is 13.0 Å². The number of hydrogen-bond donors (Lipinski definition) is 3. The van der Waals surface area contributed by atoms with Gasteiger partial charge in [0.25, 0.3) is 0 Å². The summed E-state index contributed by atoms with van der Waals surface area (Å²) in [6.07, 6.45) is -0.969. The molecule has 3 N–H and O–H groups in total. The first kappa shape index (κ1) is 23.1. The van der Waals surface area contributed by atoms with Gasteiger partial charge in [-0.3, -0.25) is 25.1 Å². The molecule has 0 spiro atoms. The average Bonchev–Trinajstić information content (AvgIpc) is 3.23. The van der Waals surface area contributed by atoms with Crippen molar-refractivity contribution in [3.05, 3.63) is 41.7 Å². The van der Waals surface area contributed by atoms with E-state index < -0.39 is 29.7 Å². The molecule has 2 aliphatic heterocycles. The van der Waals surface area contributed by atoms with Crippen LogP contribution in [0, 0.1) is 12.8 Å². The van der Waals surface area contributed by atoms with E-state index in [1.165, 1.54) is 23.7 Å². The van der Waals surface area contributed by atoms with Gasteiger partial charge in [0, 0.05) is 25.7 Å². The molecule has 4 unspecified atom stereocenters. The van der Waals surface area contributed by atoms with Gasteiger partial charge in [-0.15, -0.1) is 11.8 Å². The van der Waals surface area contributed by atoms with Crippen LogP contribution in [0.3, 0.4) is 0 Å². The molecule has 4 rings (SSSR count). The number of rotatable bonds is 6. The highest BCUT2D eigenvalue weighted by molar-refractivity contribution is 8.00. The number of nitrogens with zero attached hydrogens (tertiary/aromatic N) is 3. The van der Waals surface area contributed by atoms with Crippen molar-refractivity contribution in [3.8, 4) is 5.75 Å². The Balaban J connectivity index is 1.57. The summed E-state index contributed by atoms with van der Waals surface area (Å²) in [5, 5.41) is 12.8. The zero-order valence-electron chi connectivity index (χ0n) is 18.7. The van der Waals surface area contributed by atoms with E-state index in [0.29, 0.717) is 17.3 Å². The molecule has 4 amide bonds. The normalized spacial score (nSPS) is 25.1. The molecule has 4 atom stereocenters. The molecular formula is C21H26N6O5S. The molecule has 0 radical (unpaired) electrons. The monoisotopic (exact) mass is 474 g/mol. The highest BCUT2D eigenvalue weighted by atomic mass is 32.2. The minimum absolute atomic E-state index is 0.0695. The van der Waals surface area contributed by atoms with Crippen LogP contribution >= 0.6 is 11.8 Å². The van der Waals surface area contributed by atoms with Crippen molar-refractivity contribution in [2.75, 3.05) is 32.3 Å². The van der Waals surface area contributed by atoms with Crippen LogP contribution in [-0.2, 0) is 9.59 Å². The van der Waals surface area contributed by atoms with Crippen molar-refractivity contribution in [2.45, 2.75) is 24.6 Å². The lowest BCUT2D eigenvalue weighted by atomic mass is 9.95. The molecule has 2 aromatic rings. The third-order valence-corrected chi connectivity index (χ3v) is 6.91. The number of ether oxygens (including phenoxy) is 1. The smallest absolute Gasteiger partial charge is 0.327 e. The minimum Gasteiger partial charge on any atom is -0.496 e. The molecule has 2 aliphatic rings. The van der Waals surface area contributed by atoms with Crippen LogP contribution in [0.15, 0.2) is 34.9 Å². The van der Waals surface area contributed by atoms with Crippen molar-refractivity contribution < 1.29 is 23.6 Å². The molecule has 11 nitrogen and oxygen atoms in total. The van der Waals surface area contributed by atoms with Crippen LogP contribution in [0.25, 0.3) is 0 Å². The number of benzene rings is 1. The number of nitrogens with one attached hydrogen (secondary N) is 3. The van der Waals surface area contributed by atoms with Crippen molar-refractivity contribution in [1.82, 2.24) is 25.6 Å². The van der Waals surface area contributed by atoms with Gasteiger partial charge in [0.15, 0.2) is 5.82 Å². The Labute approximate surface area is 195 Å². The van der Waals surface area contributed by atoms with E-state index in [1.807, 2.05) is 24.3 Å². The van der Waals surface area contributed by atoms with E-state index in [-0.39, 0.29) is 17.6 Å². The molecule has 176 valence electrons. The number of hydrogen-bond acceptors (Lipinski definition) is 9. The highest BCUT2D eigenvalue weighted by Crippen LogP contribution is 2.36. The Hall–Kier alpha value is -3.09. The number of imide groups is 1. The fraction of sp³-hybridized carbons (Fsp3) is 0.429. The number of fused-ring (bicyclic) bond motifs is 1. The molecule has 0 saturated carbocycles. The van der Waals surface area contributed by atoms with Gasteiger partial charge in [-0.2, -0.15) is 0 Å². The van der Waals surface area contributed by atoms with Gasteiger partial charge in [-0.25, -0.2) is 4.79 Å². The number of anilines is 1. The number of amides is 4. The van der Waals surface area contributed by atoms with Crippen LogP contribution in [-0.4, -0.2) is 71.3 Å². The van der Waals surface area contributed by atoms with Gasteiger partial charge in [-0.1, -0.05) is 23.4 Å². The zero-order chi connectivity index (χ0) is 23.7. The Bertz CT molecular complexity index is 1060. The third-order valence-electron chi connectivity index (χ3n) is 5.70. The number of aromatic nitrogens is 1. The lowest BCUT2D eigenvalue weighted by Crippen LogP contribution is -2.72. The summed E-state index contributed by atoms with van der Waals surface area (Å²) in [6, 6.07) is 8.73. The van der Waals surface area contributed by atoms with E-state index in [2.05, 4.69) is 21.1 Å². The SMILES string of the molecule is COc1ccccc1C1NC(SCC(=O)Nc2cc(C)on2)C2C(=O)N(C)C(=O)N(C)C2N1. The number of para-hydroxylation sites is 1. The van der Waals surface area contributed by atoms with Crippen LogP contribution in [0.1, 0.15) is 17.5 Å². The standard InChI is InChI=1S/C21H26N6O5S/c1-11-9-14(25-32-11)22-15(28)10-33-19-16-18(26(2)21(30)27(3)20(16)29)23-17(24-19)12-7-5-6-8-13(12)31-4/h5-9,16-19,23-24H,10H2,1-4H3,(H,22,25,28). The van der Waals surface area contributed by atoms with Crippen molar-refractivity contribution >= 4 is 35.4 Å². The molecule has 2 saturated heterocycles. The Morgan fingerprint density at radius 1 is 1.27 bits per heavy atom. The summed E-state index contributed by atoms with van der Waals surface area (Å²) in [4.78, 5) is 40.8. The maximum Gasteiger partial charge on any atom is 0.327 e.